The van der Waals surface area contributed by atoms with Crippen molar-refractivity contribution in [3.63, 3.8) is 0 Å². The fourth-order valence-electron chi connectivity index (χ4n) is 3.59. The lowest BCUT2D eigenvalue weighted by Gasteiger charge is -2.16. The number of amides is 4. The van der Waals surface area contributed by atoms with E-state index >= 15 is 0 Å². The van der Waals surface area contributed by atoms with Crippen molar-refractivity contribution in [2.24, 2.45) is 0 Å². The number of nitrogens with one attached hydrogen (secondary N) is 2. The first-order chi connectivity index (χ1) is 16.4. The molecule has 2 N–H and O–H groups in total. The molecule has 2 aromatic carbocycles. The Hall–Kier alpha value is -4.07. The lowest BCUT2D eigenvalue weighted by Crippen LogP contribution is -2.38. The monoisotopic (exact) mass is 463 g/mol. The molecule has 0 saturated carbocycles. The molecule has 2 aromatic rings. The number of urea groups is 1. The van der Waals surface area contributed by atoms with Crippen LogP contribution in [-0.4, -0.2) is 42.5 Å². The molecule has 1 aliphatic heterocycles. The quantitative estimate of drug-likeness (QED) is 0.315. The number of allylic oxidation sites excluding steroid dienone is 1. The van der Waals surface area contributed by atoms with Gasteiger partial charge in [-0.3, -0.25) is 9.59 Å². The second-order valence-corrected chi connectivity index (χ2v) is 7.66. The van der Waals surface area contributed by atoms with Crippen LogP contribution in [0.25, 0.3) is 6.08 Å². The lowest BCUT2D eigenvalue weighted by molar-refractivity contribution is -0.127. The first-order valence-corrected chi connectivity index (χ1v) is 11.1. The van der Waals surface area contributed by atoms with Crippen LogP contribution in [0, 0.1) is 6.92 Å². The number of rotatable bonds is 10. The summed E-state index contributed by atoms with van der Waals surface area (Å²) in [5, 5.41) is 5.25. The maximum Gasteiger partial charge on any atom is 0.329 e. The summed E-state index contributed by atoms with van der Waals surface area (Å²) in [6.07, 6.45) is 3.85. The van der Waals surface area contributed by atoms with Crippen LogP contribution in [0.4, 0.5) is 10.5 Å². The van der Waals surface area contributed by atoms with Gasteiger partial charge in [-0.15, -0.1) is 6.58 Å². The fourth-order valence-corrected chi connectivity index (χ4v) is 3.59. The molecule has 1 fully saturated rings. The molecule has 0 aromatic heterocycles. The summed E-state index contributed by atoms with van der Waals surface area (Å²) in [4.78, 5) is 38.6. The van der Waals surface area contributed by atoms with Gasteiger partial charge in [0.1, 0.15) is 12.2 Å². The minimum Gasteiger partial charge on any atom is -0.490 e. The molecular weight excluding hydrogens is 434 g/mol. The first-order valence-electron chi connectivity index (χ1n) is 11.1. The molecule has 8 heteroatoms. The van der Waals surface area contributed by atoms with Crippen molar-refractivity contribution in [1.29, 1.82) is 0 Å². The number of nitrogens with zero attached hydrogens (tertiary/aromatic N) is 1. The molecule has 0 spiro atoms. The van der Waals surface area contributed by atoms with Crippen molar-refractivity contribution in [1.82, 2.24) is 10.2 Å². The largest absolute Gasteiger partial charge is 0.490 e. The van der Waals surface area contributed by atoms with Crippen LogP contribution in [-0.2, 0) is 16.0 Å². The Balaban J connectivity index is 1.82. The van der Waals surface area contributed by atoms with Crippen LogP contribution in [0.2, 0.25) is 0 Å². The summed E-state index contributed by atoms with van der Waals surface area (Å²) in [6, 6.07) is 10.2. The van der Waals surface area contributed by atoms with E-state index in [4.69, 9.17) is 9.47 Å². The van der Waals surface area contributed by atoms with E-state index in [9.17, 15) is 14.4 Å². The van der Waals surface area contributed by atoms with Crippen LogP contribution < -0.4 is 20.1 Å². The van der Waals surface area contributed by atoms with Crippen molar-refractivity contribution in [3.8, 4) is 11.5 Å². The molecule has 0 radical (unpaired) electrons. The second kappa shape index (κ2) is 11.2. The second-order valence-electron chi connectivity index (χ2n) is 7.66. The number of aryl methyl sites for hydroxylation is 1. The van der Waals surface area contributed by atoms with Gasteiger partial charge >= 0.3 is 6.03 Å². The highest BCUT2D eigenvalue weighted by molar-refractivity contribution is 6.16. The zero-order chi connectivity index (χ0) is 24.7. The average molecular weight is 464 g/mol. The third-order valence-corrected chi connectivity index (χ3v) is 4.98. The van der Waals surface area contributed by atoms with Crippen LogP contribution in [0.1, 0.15) is 30.5 Å². The third kappa shape index (κ3) is 5.83. The van der Waals surface area contributed by atoms with Crippen molar-refractivity contribution >= 4 is 29.6 Å². The highest BCUT2D eigenvalue weighted by atomic mass is 16.5. The summed E-state index contributed by atoms with van der Waals surface area (Å²) < 4.78 is 11.5. The average Bonchev–Trinajstić information content (AvgIpc) is 3.03. The van der Waals surface area contributed by atoms with E-state index in [0.717, 1.165) is 16.0 Å². The van der Waals surface area contributed by atoms with Gasteiger partial charge in [-0.2, -0.15) is 0 Å². The van der Waals surface area contributed by atoms with Crippen LogP contribution in [0.15, 0.2) is 54.8 Å². The number of carbonyl (C=O) groups excluding carboxylic acids is 3. The molecule has 1 heterocycles. The number of anilines is 1. The lowest BCUT2D eigenvalue weighted by atomic mass is 10.0. The molecule has 4 amide bonds. The summed E-state index contributed by atoms with van der Waals surface area (Å²) >= 11 is 0. The summed E-state index contributed by atoms with van der Waals surface area (Å²) in [7, 11) is 0. The summed E-state index contributed by atoms with van der Waals surface area (Å²) in [5.41, 5.74) is 3.15. The zero-order valence-electron chi connectivity index (χ0n) is 19.6. The van der Waals surface area contributed by atoms with Gasteiger partial charge in [-0.25, -0.2) is 9.69 Å². The smallest absolute Gasteiger partial charge is 0.329 e. The van der Waals surface area contributed by atoms with E-state index in [1.54, 1.807) is 30.4 Å². The highest BCUT2D eigenvalue weighted by Gasteiger charge is 2.35. The van der Waals surface area contributed by atoms with E-state index in [-0.39, 0.29) is 5.70 Å². The third-order valence-electron chi connectivity index (χ3n) is 4.98. The van der Waals surface area contributed by atoms with Crippen LogP contribution in [0.3, 0.4) is 0 Å². The number of imide groups is 1. The molecule has 0 bridgehead atoms. The predicted molar refractivity (Wildman–Crippen MR) is 131 cm³/mol. The van der Waals surface area contributed by atoms with Crippen molar-refractivity contribution < 1.29 is 23.9 Å². The number of carbonyl (C=O) groups is 3. The molecule has 34 heavy (non-hydrogen) atoms. The molecule has 0 atom stereocenters. The van der Waals surface area contributed by atoms with Gasteiger partial charge in [0, 0.05) is 11.3 Å². The molecule has 0 unspecified atom stereocenters. The topological polar surface area (TPSA) is 97.0 Å². The predicted octanol–water partition coefficient (Wildman–Crippen LogP) is 4.05. The van der Waals surface area contributed by atoms with Gasteiger partial charge in [0.25, 0.3) is 5.91 Å². The molecule has 1 aliphatic rings. The van der Waals surface area contributed by atoms with Crippen molar-refractivity contribution in [2.45, 2.75) is 27.2 Å². The van der Waals surface area contributed by atoms with Crippen molar-refractivity contribution in [2.75, 3.05) is 25.1 Å². The van der Waals surface area contributed by atoms with E-state index in [2.05, 4.69) is 17.2 Å². The highest BCUT2D eigenvalue weighted by Crippen LogP contribution is 2.35. The molecular formula is C26H29N3O5. The van der Waals surface area contributed by atoms with Gasteiger partial charge in [-0.1, -0.05) is 18.2 Å². The molecule has 1 saturated heterocycles. The molecule has 3 rings (SSSR count). The maximum atomic E-state index is 12.9. The number of hydrogen-bond acceptors (Lipinski definition) is 5. The van der Waals surface area contributed by atoms with E-state index in [1.165, 1.54) is 0 Å². The Morgan fingerprint density at radius 3 is 2.59 bits per heavy atom. The first kappa shape index (κ1) is 24.6. The summed E-state index contributed by atoms with van der Waals surface area (Å²) in [6.45, 7) is 9.97. The molecule has 8 nitrogen and oxygen atoms in total. The Labute approximate surface area is 199 Å². The minimum absolute atomic E-state index is 0.0736. The van der Waals surface area contributed by atoms with Gasteiger partial charge in [0.2, 0.25) is 5.91 Å². The van der Waals surface area contributed by atoms with Gasteiger partial charge in [0.15, 0.2) is 11.5 Å². The van der Waals surface area contributed by atoms with Gasteiger partial charge in [0.05, 0.1) is 13.2 Å². The van der Waals surface area contributed by atoms with E-state index < -0.39 is 24.4 Å². The number of benzene rings is 2. The standard InChI is InChI=1S/C26H29N3O5/c1-5-9-19-13-18(15-22(33-6-2)24(19)34-7-3)14-21-25(31)29(26(32)28-21)16-23(30)27-20-11-8-10-17(4)12-20/h5,8,10-15H,1,6-7,9,16H2,2-4H3,(H,27,30)(H,28,32)/b21-14+. The molecule has 178 valence electrons. The van der Waals surface area contributed by atoms with E-state index in [1.807, 2.05) is 39.0 Å². The van der Waals surface area contributed by atoms with Crippen LogP contribution in [0.5, 0.6) is 11.5 Å². The Morgan fingerprint density at radius 1 is 1.15 bits per heavy atom. The van der Waals surface area contributed by atoms with Crippen LogP contribution >= 0.6 is 0 Å². The van der Waals surface area contributed by atoms with E-state index in [0.29, 0.717) is 42.4 Å². The molecule has 0 aliphatic carbocycles. The van der Waals surface area contributed by atoms with Gasteiger partial charge < -0.3 is 20.1 Å². The maximum absolute atomic E-state index is 12.9. The SMILES string of the molecule is C=CCc1cc(/C=C2/NC(=O)N(CC(=O)Nc3cccc(C)c3)C2=O)cc(OCC)c1OCC. The Kier molecular flexibility index (Phi) is 8.08. The number of ether oxygens (including phenoxy) is 2. The minimum atomic E-state index is -0.655. The zero-order valence-corrected chi connectivity index (χ0v) is 19.6. The Bertz CT molecular complexity index is 1140. The fraction of sp³-hybridized carbons (Fsp3) is 0.269. The number of hydrogen-bond donors (Lipinski definition) is 2. The normalized spacial score (nSPS) is 14.2. The van der Waals surface area contributed by atoms with Crippen molar-refractivity contribution in [3.05, 3.63) is 71.4 Å². The summed E-state index contributed by atoms with van der Waals surface area (Å²) in [5.74, 6) is 0.120. The van der Waals surface area contributed by atoms with Gasteiger partial charge in [-0.05, 0) is 68.7 Å². The Morgan fingerprint density at radius 2 is 1.91 bits per heavy atom.